The molecule has 0 unspecified atom stereocenters. The normalized spacial score (nSPS) is 13.0. The van der Waals surface area contributed by atoms with Crippen molar-refractivity contribution in [2.75, 3.05) is 20.0 Å². The number of ether oxygens (including phenoxy) is 2. The van der Waals surface area contributed by atoms with Crippen molar-refractivity contribution in [1.29, 1.82) is 0 Å². The molecule has 7 heteroatoms. The van der Waals surface area contributed by atoms with E-state index >= 15 is 0 Å². The number of fused-ring (bicyclic) bond motifs is 1. The maximum absolute atomic E-state index is 5.40. The number of rotatable bonds is 6. The van der Waals surface area contributed by atoms with Crippen LogP contribution in [0.15, 0.2) is 52.7 Å². The lowest BCUT2D eigenvalue weighted by molar-refractivity contribution is 0.354. The molecule has 0 N–H and O–H groups in total. The molecule has 1 aliphatic heterocycles. The fourth-order valence-corrected chi connectivity index (χ4v) is 3.98. The Kier molecular flexibility index (Phi) is 5.34. The van der Waals surface area contributed by atoms with Crippen LogP contribution in [0.4, 0.5) is 0 Å². The van der Waals surface area contributed by atoms with Crippen molar-refractivity contribution in [3.63, 3.8) is 0 Å². The van der Waals surface area contributed by atoms with E-state index in [1.165, 1.54) is 5.56 Å². The first-order valence-corrected chi connectivity index (χ1v) is 10.2. The van der Waals surface area contributed by atoms with Crippen molar-refractivity contribution in [2.24, 2.45) is 5.10 Å². The van der Waals surface area contributed by atoms with Crippen LogP contribution in [0.2, 0.25) is 0 Å². The van der Waals surface area contributed by atoms with Gasteiger partial charge in [0.25, 0.3) is 0 Å². The van der Waals surface area contributed by atoms with Crippen LogP contribution in [0.1, 0.15) is 29.4 Å². The molecule has 0 aliphatic carbocycles. The molecule has 0 bridgehead atoms. The lowest BCUT2D eigenvalue weighted by Gasteiger charge is -2.14. The highest BCUT2D eigenvalue weighted by molar-refractivity contribution is 7.99. The Morgan fingerprint density at radius 3 is 2.43 bits per heavy atom. The van der Waals surface area contributed by atoms with E-state index in [0.717, 1.165) is 40.0 Å². The van der Waals surface area contributed by atoms with Gasteiger partial charge < -0.3 is 9.47 Å². The van der Waals surface area contributed by atoms with Crippen LogP contribution in [0.5, 0.6) is 11.5 Å². The Bertz CT molecular complexity index is 1010. The van der Waals surface area contributed by atoms with Crippen molar-refractivity contribution in [1.82, 2.24) is 14.9 Å². The molecule has 4 rings (SSSR count). The molecule has 144 valence electrons. The molecule has 0 spiro atoms. The highest BCUT2D eigenvalue weighted by atomic mass is 32.2. The molecule has 2 aromatic carbocycles. The van der Waals surface area contributed by atoms with Gasteiger partial charge in [0.1, 0.15) is 0 Å². The van der Waals surface area contributed by atoms with E-state index in [0.29, 0.717) is 17.9 Å². The largest absolute Gasteiger partial charge is 0.493 e. The predicted octanol–water partition coefficient (Wildman–Crippen LogP) is 3.81. The molecule has 0 saturated carbocycles. The van der Waals surface area contributed by atoms with Crippen LogP contribution in [0.3, 0.4) is 0 Å². The van der Waals surface area contributed by atoms with Crippen LogP contribution in [0, 0.1) is 0 Å². The minimum atomic E-state index is 0.611. The minimum Gasteiger partial charge on any atom is -0.493 e. The number of hydrogen-bond donors (Lipinski definition) is 0. The third-order valence-corrected chi connectivity index (χ3v) is 5.67. The zero-order valence-electron chi connectivity index (χ0n) is 16.2. The second-order valence-electron chi connectivity index (χ2n) is 6.46. The number of hydrogen-bond acceptors (Lipinski definition) is 6. The first-order valence-electron chi connectivity index (χ1n) is 9.17. The Labute approximate surface area is 168 Å². The molecule has 0 fully saturated rings. The van der Waals surface area contributed by atoms with Crippen molar-refractivity contribution in [3.05, 3.63) is 65.0 Å². The molecular formula is C21H22N4O2S. The summed E-state index contributed by atoms with van der Waals surface area (Å²) >= 11 is 1.66. The zero-order chi connectivity index (χ0) is 19.5. The minimum absolute atomic E-state index is 0.611. The summed E-state index contributed by atoms with van der Waals surface area (Å²) in [6.07, 6.45) is 1.64. The Balaban J connectivity index is 1.63. The second kappa shape index (κ2) is 8.06. The first-order chi connectivity index (χ1) is 13.7. The summed E-state index contributed by atoms with van der Waals surface area (Å²) in [5.41, 5.74) is 4.56. The summed E-state index contributed by atoms with van der Waals surface area (Å²) in [6.45, 7) is 2.16. The van der Waals surface area contributed by atoms with E-state index in [9.17, 15) is 0 Å². The smallest absolute Gasteiger partial charge is 0.212 e. The molecule has 28 heavy (non-hydrogen) atoms. The van der Waals surface area contributed by atoms with Gasteiger partial charge in [-0.15, -0.1) is 10.2 Å². The number of aromatic nitrogens is 3. The summed E-state index contributed by atoms with van der Waals surface area (Å²) in [4.78, 5) is 0. The molecule has 3 aromatic rings. The van der Waals surface area contributed by atoms with E-state index in [4.69, 9.17) is 14.6 Å². The van der Waals surface area contributed by atoms with Crippen LogP contribution >= 0.6 is 11.8 Å². The van der Waals surface area contributed by atoms with E-state index in [2.05, 4.69) is 41.4 Å². The summed E-state index contributed by atoms with van der Waals surface area (Å²) in [5.74, 6) is 3.01. The molecule has 2 heterocycles. The highest BCUT2D eigenvalue weighted by Gasteiger charge is 2.20. The van der Waals surface area contributed by atoms with Crippen LogP contribution < -0.4 is 9.47 Å². The molecule has 0 saturated heterocycles. The standard InChI is InChI=1S/C21H22N4O2S/c1-4-14-5-8-16(9-6-14)17-13-28-21-23-22-20(25(21)24-17)12-15-7-10-18(26-2)19(11-15)27-3/h5-11H,4,12-13H2,1-3H3. The summed E-state index contributed by atoms with van der Waals surface area (Å²) in [5, 5.41) is 14.3. The topological polar surface area (TPSA) is 61.5 Å². The number of nitrogens with zero attached hydrogens (tertiary/aromatic N) is 4. The fourth-order valence-electron chi connectivity index (χ4n) is 3.13. The molecule has 0 radical (unpaired) electrons. The maximum atomic E-state index is 5.40. The van der Waals surface area contributed by atoms with Gasteiger partial charge in [-0.25, -0.2) is 0 Å². The van der Waals surface area contributed by atoms with E-state index in [1.807, 2.05) is 22.9 Å². The number of aryl methyl sites for hydroxylation is 1. The molecule has 1 aromatic heterocycles. The van der Waals surface area contributed by atoms with Gasteiger partial charge in [0.15, 0.2) is 17.3 Å². The summed E-state index contributed by atoms with van der Waals surface area (Å²) in [6, 6.07) is 14.5. The third-order valence-electron chi connectivity index (χ3n) is 4.74. The van der Waals surface area contributed by atoms with Crippen LogP contribution in [-0.4, -0.2) is 40.6 Å². The molecular weight excluding hydrogens is 372 g/mol. The lowest BCUT2D eigenvalue weighted by Crippen LogP contribution is -2.14. The number of methoxy groups -OCH3 is 2. The summed E-state index contributed by atoms with van der Waals surface area (Å²) < 4.78 is 12.6. The van der Waals surface area contributed by atoms with Gasteiger partial charge in [0.05, 0.1) is 19.9 Å². The average molecular weight is 395 g/mol. The first kappa shape index (κ1) is 18.6. The van der Waals surface area contributed by atoms with Gasteiger partial charge in [-0.05, 0) is 35.2 Å². The van der Waals surface area contributed by atoms with Crippen LogP contribution in [0.25, 0.3) is 0 Å². The quantitative estimate of drug-likeness (QED) is 0.636. The Hall–Kier alpha value is -2.80. The monoisotopic (exact) mass is 394 g/mol. The Morgan fingerprint density at radius 2 is 1.71 bits per heavy atom. The van der Waals surface area contributed by atoms with E-state index in [1.54, 1.807) is 26.0 Å². The summed E-state index contributed by atoms with van der Waals surface area (Å²) in [7, 11) is 3.27. The van der Waals surface area contributed by atoms with Gasteiger partial charge in [-0.2, -0.15) is 9.78 Å². The highest BCUT2D eigenvalue weighted by Crippen LogP contribution is 2.29. The molecule has 1 aliphatic rings. The lowest BCUT2D eigenvalue weighted by atomic mass is 10.1. The fraction of sp³-hybridized carbons (Fsp3) is 0.286. The van der Waals surface area contributed by atoms with E-state index in [-0.39, 0.29) is 0 Å². The molecule has 0 atom stereocenters. The van der Waals surface area contributed by atoms with Gasteiger partial charge in [-0.1, -0.05) is 49.0 Å². The van der Waals surface area contributed by atoms with Gasteiger partial charge in [-0.3, -0.25) is 0 Å². The van der Waals surface area contributed by atoms with Gasteiger partial charge in [0, 0.05) is 12.2 Å². The SMILES string of the molecule is CCc1ccc(C2=Nn3c(Cc4ccc(OC)c(OC)c4)nnc3SC2)cc1. The van der Waals surface area contributed by atoms with Gasteiger partial charge >= 0.3 is 0 Å². The van der Waals surface area contributed by atoms with Crippen molar-refractivity contribution in [2.45, 2.75) is 24.9 Å². The van der Waals surface area contributed by atoms with Crippen molar-refractivity contribution in [3.8, 4) is 11.5 Å². The van der Waals surface area contributed by atoms with E-state index < -0.39 is 0 Å². The zero-order valence-corrected chi connectivity index (χ0v) is 17.0. The van der Waals surface area contributed by atoms with Gasteiger partial charge in [0.2, 0.25) is 5.16 Å². The predicted molar refractivity (Wildman–Crippen MR) is 111 cm³/mol. The molecule has 0 amide bonds. The van der Waals surface area contributed by atoms with Crippen molar-refractivity contribution >= 4 is 17.5 Å². The van der Waals surface area contributed by atoms with Crippen LogP contribution in [-0.2, 0) is 12.8 Å². The number of thioether (sulfide) groups is 1. The number of benzene rings is 2. The maximum Gasteiger partial charge on any atom is 0.212 e. The van der Waals surface area contributed by atoms with Crippen molar-refractivity contribution < 1.29 is 9.47 Å². The third kappa shape index (κ3) is 3.62. The second-order valence-corrected chi connectivity index (χ2v) is 7.41. The molecule has 6 nitrogen and oxygen atoms in total. The average Bonchev–Trinajstić information content (AvgIpc) is 3.15. The Morgan fingerprint density at radius 1 is 0.964 bits per heavy atom.